The van der Waals surface area contributed by atoms with Gasteiger partial charge in [-0.15, -0.1) is 0 Å². The average Bonchev–Trinajstić information content (AvgIpc) is 2.89. The quantitative estimate of drug-likeness (QED) is 0.678. The lowest BCUT2D eigenvalue weighted by molar-refractivity contribution is -0.928. The minimum absolute atomic E-state index is 0.145. The number of hydrogen-bond acceptors (Lipinski definition) is 3. The highest BCUT2D eigenvalue weighted by atomic mass is 16.5. The Balaban J connectivity index is 1.79. The number of carbonyl (C=O) groups is 2. The van der Waals surface area contributed by atoms with Crippen LogP contribution in [0.2, 0.25) is 0 Å². The normalized spacial score (nSPS) is 31.7. The van der Waals surface area contributed by atoms with Crippen LogP contribution >= 0.6 is 0 Å². The molecule has 0 bridgehead atoms. The maximum absolute atomic E-state index is 12.2. The fourth-order valence-corrected chi connectivity index (χ4v) is 3.37. The number of rotatable bonds is 3. The van der Waals surface area contributed by atoms with E-state index in [2.05, 4.69) is 10.6 Å². The van der Waals surface area contributed by atoms with Crippen LogP contribution in [0.3, 0.4) is 0 Å². The maximum atomic E-state index is 12.2. The predicted octanol–water partition coefficient (Wildman–Crippen LogP) is -0.165. The van der Waals surface area contributed by atoms with Crippen LogP contribution in [0, 0.1) is 0 Å². The van der Waals surface area contributed by atoms with Gasteiger partial charge in [-0.1, -0.05) is 12.8 Å². The molecule has 3 atom stereocenters. The van der Waals surface area contributed by atoms with E-state index in [1.165, 1.54) is 4.90 Å². The molecule has 3 N–H and O–H groups in total. The summed E-state index contributed by atoms with van der Waals surface area (Å²) in [5, 5.41) is 5.36. The van der Waals surface area contributed by atoms with Crippen molar-refractivity contribution in [3.05, 3.63) is 0 Å². The van der Waals surface area contributed by atoms with Crippen LogP contribution in [0.1, 0.15) is 46.5 Å². The zero-order valence-corrected chi connectivity index (χ0v) is 13.3. The van der Waals surface area contributed by atoms with Crippen molar-refractivity contribution >= 4 is 11.9 Å². The Morgan fingerprint density at radius 3 is 2.29 bits per heavy atom. The first-order valence-electron chi connectivity index (χ1n) is 8.07. The van der Waals surface area contributed by atoms with Crippen LogP contribution < -0.4 is 15.5 Å². The van der Waals surface area contributed by atoms with E-state index in [4.69, 9.17) is 4.74 Å². The first kappa shape index (κ1) is 16.2. The molecule has 2 fully saturated rings. The molecule has 0 aromatic carbocycles. The topological polar surface area (TPSA) is 71.9 Å². The first-order valence-corrected chi connectivity index (χ1v) is 8.07. The summed E-state index contributed by atoms with van der Waals surface area (Å²) < 4.78 is 5.68. The van der Waals surface area contributed by atoms with Gasteiger partial charge < -0.3 is 15.0 Å². The predicted molar refractivity (Wildman–Crippen MR) is 79.1 cm³/mol. The number of ether oxygens (including phenoxy) is 1. The third kappa shape index (κ3) is 4.68. The molecule has 0 spiro atoms. The standard InChI is InChI=1S/C15H27N3O3/c1-10-8-18(9-11(2)21-10)12(3)14(19)17-15(20)16-13-6-4-5-7-13/h10-13H,4-9H2,1-3H3,(H2,16,17,19,20)/p+1/t10-,11-,12+/m1/s1. The monoisotopic (exact) mass is 298 g/mol. The molecular formula is C15H28N3O3+. The van der Waals surface area contributed by atoms with Gasteiger partial charge >= 0.3 is 6.03 Å². The average molecular weight is 298 g/mol. The molecule has 1 heterocycles. The molecule has 2 rings (SSSR count). The Morgan fingerprint density at radius 1 is 1.14 bits per heavy atom. The first-order chi connectivity index (χ1) is 9.95. The summed E-state index contributed by atoms with van der Waals surface area (Å²) in [5.74, 6) is -0.207. The highest BCUT2D eigenvalue weighted by Crippen LogP contribution is 2.17. The number of carbonyl (C=O) groups excluding carboxylic acids is 2. The van der Waals surface area contributed by atoms with Crippen LogP contribution in [0.4, 0.5) is 4.79 Å². The van der Waals surface area contributed by atoms with Crippen molar-refractivity contribution < 1.29 is 19.2 Å². The zero-order valence-electron chi connectivity index (χ0n) is 13.3. The van der Waals surface area contributed by atoms with Gasteiger partial charge in [0.2, 0.25) is 0 Å². The fraction of sp³-hybridized carbons (Fsp3) is 0.867. The molecule has 21 heavy (non-hydrogen) atoms. The Morgan fingerprint density at radius 2 is 1.71 bits per heavy atom. The Kier molecular flexibility index (Phi) is 5.58. The number of amides is 3. The highest BCUT2D eigenvalue weighted by molar-refractivity contribution is 5.96. The number of quaternary nitrogens is 1. The fourth-order valence-electron chi connectivity index (χ4n) is 3.37. The number of hydrogen-bond donors (Lipinski definition) is 3. The molecule has 6 nitrogen and oxygen atoms in total. The summed E-state index contributed by atoms with van der Waals surface area (Å²) >= 11 is 0. The summed E-state index contributed by atoms with van der Waals surface area (Å²) in [6.07, 6.45) is 4.63. The van der Waals surface area contributed by atoms with Crippen molar-refractivity contribution in [1.29, 1.82) is 0 Å². The molecule has 0 aromatic rings. The molecule has 6 heteroatoms. The van der Waals surface area contributed by atoms with Crippen molar-refractivity contribution in [3.8, 4) is 0 Å². The van der Waals surface area contributed by atoms with Crippen LogP contribution in [0.5, 0.6) is 0 Å². The largest absolute Gasteiger partial charge is 0.364 e. The van der Waals surface area contributed by atoms with E-state index < -0.39 is 0 Å². The Hall–Kier alpha value is -1.14. The van der Waals surface area contributed by atoms with Gasteiger partial charge in [0.05, 0.1) is 0 Å². The maximum Gasteiger partial charge on any atom is 0.321 e. The minimum Gasteiger partial charge on any atom is -0.364 e. The van der Waals surface area contributed by atoms with Gasteiger partial charge in [-0.2, -0.15) is 0 Å². The molecule has 120 valence electrons. The molecule has 2 aliphatic rings. The summed E-state index contributed by atoms with van der Waals surface area (Å²) in [4.78, 5) is 25.2. The van der Waals surface area contributed by atoms with E-state index in [9.17, 15) is 9.59 Å². The van der Waals surface area contributed by atoms with E-state index in [0.29, 0.717) is 0 Å². The van der Waals surface area contributed by atoms with E-state index in [-0.39, 0.29) is 36.2 Å². The number of imide groups is 1. The van der Waals surface area contributed by atoms with Crippen molar-refractivity contribution in [2.24, 2.45) is 0 Å². The Bertz CT molecular complexity index is 372. The second-order valence-electron chi connectivity index (χ2n) is 6.49. The van der Waals surface area contributed by atoms with Gasteiger partial charge in [0.25, 0.3) is 5.91 Å². The summed E-state index contributed by atoms with van der Waals surface area (Å²) in [6, 6.07) is -0.371. The second kappa shape index (κ2) is 7.22. The van der Waals surface area contributed by atoms with E-state index >= 15 is 0 Å². The van der Waals surface area contributed by atoms with E-state index in [1.807, 2.05) is 20.8 Å². The lowest BCUT2D eigenvalue weighted by atomic mass is 10.1. The SMILES string of the molecule is C[C@@H]1C[NH+]([C@@H](C)C(=O)NC(=O)NC2CCCC2)C[C@@H](C)O1. The second-order valence-corrected chi connectivity index (χ2v) is 6.49. The smallest absolute Gasteiger partial charge is 0.321 e. The Labute approximate surface area is 126 Å². The number of urea groups is 1. The van der Waals surface area contributed by atoms with Gasteiger partial charge in [0.1, 0.15) is 25.3 Å². The summed E-state index contributed by atoms with van der Waals surface area (Å²) in [7, 11) is 0. The van der Waals surface area contributed by atoms with Gasteiger partial charge in [-0.05, 0) is 33.6 Å². The molecule has 0 radical (unpaired) electrons. The van der Waals surface area contributed by atoms with E-state index in [1.54, 1.807) is 0 Å². The highest BCUT2D eigenvalue weighted by Gasteiger charge is 2.33. The number of nitrogens with one attached hydrogen (secondary N) is 3. The molecule has 0 aromatic heterocycles. The molecule has 1 aliphatic heterocycles. The molecule has 1 saturated carbocycles. The van der Waals surface area contributed by atoms with Crippen molar-refractivity contribution in [3.63, 3.8) is 0 Å². The van der Waals surface area contributed by atoms with Gasteiger partial charge in [0.15, 0.2) is 6.04 Å². The van der Waals surface area contributed by atoms with Crippen LogP contribution in [-0.2, 0) is 9.53 Å². The zero-order chi connectivity index (χ0) is 15.4. The van der Waals surface area contributed by atoms with Crippen molar-refractivity contribution in [2.75, 3.05) is 13.1 Å². The van der Waals surface area contributed by atoms with Gasteiger partial charge in [-0.3, -0.25) is 10.1 Å². The van der Waals surface area contributed by atoms with Gasteiger partial charge in [-0.25, -0.2) is 4.79 Å². The van der Waals surface area contributed by atoms with Crippen LogP contribution in [0.15, 0.2) is 0 Å². The summed E-state index contributed by atoms with van der Waals surface area (Å²) in [6.45, 7) is 7.50. The van der Waals surface area contributed by atoms with Crippen molar-refractivity contribution in [2.45, 2.75) is 70.7 Å². The molecule has 3 amide bonds. The van der Waals surface area contributed by atoms with Crippen molar-refractivity contribution in [1.82, 2.24) is 10.6 Å². The molecular weight excluding hydrogens is 270 g/mol. The number of morpholine rings is 1. The molecule has 0 unspecified atom stereocenters. The minimum atomic E-state index is -0.354. The third-order valence-corrected chi connectivity index (χ3v) is 4.50. The van der Waals surface area contributed by atoms with Crippen LogP contribution in [0.25, 0.3) is 0 Å². The van der Waals surface area contributed by atoms with Gasteiger partial charge in [0, 0.05) is 6.04 Å². The lowest BCUT2D eigenvalue weighted by Gasteiger charge is -2.35. The lowest BCUT2D eigenvalue weighted by Crippen LogP contribution is -3.19. The van der Waals surface area contributed by atoms with Crippen LogP contribution in [-0.4, -0.2) is 49.3 Å². The third-order valence-electron chi connectivity index (χ3n) is 4.50. The molecule has 1 saturated heterocycles. The summed E-state index contributed by atoms with van der Waals surface area (Å²) in [5.41, 5.74) is 0. The molecule has 1 aliphatic carbocycles. The van der Waals surface area contributed by atoms with E-state index in [0.717, 1.165) is 38.8 Å².